The second-order valence-corrected chi connectivity index (χ2v) is 4.63. The molecule has 1 aliphatic heterocycles. The van der Waals surface area contributed by atoms with Gasteiger partial charge in [-0.1, -0.05) is 30.3 Å². The Hall–Kier alpha value is -1.57. The number of ketones is 1. The van der Waals surface area contributed by atoms with Crippen molar-refractivity contribution < 1.29 is 4.79 Å². The molecule has 0 saturated carbocycles. The highest BCUT2D eigenvalue weighted by Crippen LogP contribution is 2.31. The van der Waals surface area contributed by atoms with Crippen molar-refractivity contribution >= 4 is 5.78 Å². The summed E-state index contributed by atoms with van der Waals surface area (Å²) in [6.45, 7) is 4.88. The molecule has 0 aliphatic carbocycles. The third kappa shape index (κ3) is 2.76. The van der Waals surface area contributed by atoms with Gasteiger partial charge in [0.05, 0.1) is 6.04 Å². The molecule has 0 radical (unpaired) electrons. The predicted molar refractivity (Wildman–Crippen MR) is 69.6 cm³/mol. The maximum atomic E-state index is 11.2. The molecule has 1 saturated heterocycles. The van der Waals surface area contributed by atoms with E-state index in [0.717, 1.165) is 19.4 Å². The molecule has 90 valence electrons. The van der Waals surface area contributed by atoms with Crippen LogP contribution in [0.5, 0.6) is 0 Å². The van der Waals surface area contributed by atoms with Crippen molar-refractivity contribution in [3.8, 4) is 0 Å². The highest BCUT2D eigenvalue weighted by Gasteiger charge is 2.23. The molecular weight excluding hydrogens is 210 g/mol. The molecule has 1 atom stereocenters. The summed E-state index contributed by atoms with van der Waals surface area (Å²) in [4.78, 5) is 13.5. The minimum absolute atomic E-state index is 0.146. The van der Waals surface area contributed by atoms with Crippen molar-refractivity contribution in [2.75, 3.05) is 6.54 Å². The maximum absolute atomic E-state index is 11.2. The zero-order chi connectivity index (χ0) is 12.3. The van der Waals surface area contributed by atoms with Crippen LogP contribution in [0.3, 0.4) is 0 Å². The molecule has 1 aliphatic rings. The van der Waals surface area contributed by atoms with Crippen LogP contribution in [0.1, 0.15) is 38.3 Å². The number of rotatable bonds is 3. The van der Waals surface area contributed by atoms with Crippen LogP contribution >= 0.6 is 0 Å². The summed E-state index contributed by atoms with van der Waals surface area (Å²) in [6, 6.07) is 10.8. The Labute approximate surface area is 103 Å². The fourth-order valence-corrected chi connectivity index (χ4v) is 2.46. The number of hydrogen-bond acceptors (Lipinski definition) is 2. The van der Waals surface area contributed by atoms with Crippen LogP contribution in [0.15, 0.2) is 42.1 Å². The van der Waals surface area contributed by atoms with Crippen molar-refractivity contribution in [1.29, 1.82) is 0 Å². The Morgan fingerprint density at radius 1 is 1.35 bits per heavy atom. The monoisotopic (exact) mass is 229 g/mol. The van der Waals surface area contributed by atoms with E-state index in [0.29, 0.717) is 6.04 Å². The lowest BCUT2D eigenvalue weighted by Gasteiger charge is -2.28. The van der Waals surface area contributed by atoms with Crippen LogP contribution < -0.4 is 0 Å². The van der Waals surface area contributed by atoms with Crippen molar-refractivity contribution in [1.82, 2.24) is 4.90 Å². The first-order valence-electron chi connectivity index (χ1n) is 6.21. The van der Waals surface area contributed by atoms with Gasteiger partial charge in [-0.25, -0.2) is 0 Å². The van der Waals surface area contributed by atoms with Gasteiger partial charge in [-0.2, -0.15) is 0 Å². The smallest absolute Gasteiger partial charge is 0.154 e. The van der Waals surface area contributed by atoms with Gasteiger partial charge in [0.1, 0.15) is 0 Å². The minimum atomic E-state index is 0.146. The largest absolute Gasteiger partial charge is 0.368 e. The molecule has 0 aromatic heterocycles. The average molecular weight is 229 g/mol. The molecule has 1 fully saturated rings. The van der Waals surface area contributed by atoms with Crippen LogP contribution in [0.2, 0.25) is 0 Å². The van der Waals surface area contributed by atoms with Gasteiger partial charge >= 0.3 is 0 Å². The summed E-state index contributed by atoms with van der Waals surface area (Å²) in [5.74, 6) is 0.146. The van der Waals surface area contributed by atoms with E-state index in [1.807, 2.05) is 6.07 Å². The molecule has 1 aromatic carbocycles. The van der Waals surface area contributed by atoms with Crippen LogP contribution in [0.25, 0.3) is 0 Å². The highest BCUT2D eigenvalue weighted by atomic mass is 16.1. The molecule has 17 heavy (non-hydrogen) atoms. The van der Waals surface area contributed by atoms with Gasteiger partial charge in [0.15, 0.2) is 5.78 Å². The summed E-state index contributed by atoms with van der Waals surface area (Å²) < 4.78 is 0. The molecule has 0 N–H and O–H groups in total. The van der Waals surface area contributed by atoms with Crippen LogP contribution in [-0.4, -0.2) is 17.2 Å². The van der Waals surface area contributed by atoms with Crippen LogP contribution in [-0.2, 0) is 4.79 Å². The second kappa shape index (κ2) is 5.17. The van der Waals surface area contributed by atoms with Gasteiger partial charge in [-0.3, -0.25) is 4.79 Å². The van der Waals surface area contributed by atoms with E-state index >= 15 is 0 Å². The second-order valence-electron chi connectivity index (χ2n) is 4.63. The fraction of sp³-hybridized carbons (Fsp3) is 0.400. The standard InChI is InChI=1S/C15H19NO/c1-12(17)11-15-9-6-10-16(15)13(2)14-7-4-3-5-8-14/h3-5,7-8,11,13H,6,9-10H2,1-2H3/b15-11+. The zero-order valence-corrected chi connectivity index (χ0v) is 10.5. The molecule has 0 amide bonds. The number of nitrogens with zero attached hydrogens (tertiary/aromatic N) is 1. The fourth-order valence-electron chi connectivity index (χ4n) is 2.46. The maximum Gasteiger partial charge on any atom is 0.154 e. The van der Waals surface area contributed by atoms with E-state index in [1.54, 1.807) is 13.0 Å². The van der Waals surface area contributed by atoms with Crippen LogP contribution in [0, 0.1) is 0 Å². The number of carbonyl (C=O) groups is 1. The lowest BCUT2D eigenvalue weighted by atomic mass is 10.1. The quantitative estimate of drug-likeness (QED) is 0.741. The summed E-state index contributed by atoms with van der Waals surface area (Å²) in [6.07, 6.45) is 3.96. The Morgan fingerprint density at radius 3 is 2.71 bits per heavy atom. The molecule has 0 spiro atoms. The van der Waals surface area contributed by atoms with E-state index < -0.39 is 0 Å². The topological polar surface area (TPSA) is 20.3 Å². The predicted octanol–water partition coefficient (Wildman–Crippen LogP) is 3.32. The third-order valence-corrected chi connectivity index (χ3v) is 3.32. The average Bonchev–Trinajstić information content (AvgIpc) is 2.76. The normalized spacial score (nSPS) is 19.6. The number of allylic oxidation sites excluding steroid dienone is 2. The first-order valence-corrected chi connectivity index (χ1v) is 6.21. The van der Waals surface area contributed by atoms with E-state index in [-0.39, 0.29) is 5.78 Å². The first kappa shape index (κ1) is 11.9. The molecule has 1 heterocycles. The summed E-state index contributed by atoms with van der Waals surface area (Å²) in [7, 11) is 0. The Balaban J connectivity index is 2.19. The van der Waals surface area contributed by atoms with Crippen LogP contribution in [0.4, 0.5) is 0 Å². The van der Waals surface area contributed by atoms with Crippen molar-refractivity contribution in [3.05, 3.63) is 47.7 Å². The highest BCUT2D eigenvalue weighted by molar-refractivity contribution is 5.87. The van der Waals surface area contributed by atoms with Crippen molar-refractivity contribution in [2.45, 2.75) is 32.7 Å². The molecule has 0 bridgehead atoms. The van der Waals surface area contributed by atoms with Gasteiger partial charge in [0.2, 0.25) is 0 Å². The van der Waals surface area contributed by atoms with Gasteiger partial charge in [-0.05, 0) is 38.3 Å². The van der Waals surface area contributed by atoms with Crippen molar-refractivity contribution in [3.63, 3.8) is 0 Å². The molecular formula is C15H19NO. The summed E-state index contributed by atoms with van der Waals surface area (Å²) in [5, 5.41) is 0. The Bertz CT molecular complexity index is 422. The zero-order valence-electron chi connectivity index (χ0n) is 10.5. The lowest BCUT2D eigenvalue weighted by Crippen LogP contribution is -2.22. The minimum Gasteiger partial charge on any atom is -0.368 e. The van der Waals surface area contributed by atoms with Crippen molar-refractivity contribution in [2.24, 2.45) is 0 Å². The van der Waals surface area contributed by atoms with Gasteiger partial charge < -0.3 is 4.90 Å². The Kier molecular flexibility index (Phi) is 3.62. The molecule has 1 aromatic rings. The summed E-state index contributed by atoms with van der Waals surface area (Å²) >= 11 is 0. The van der Waals surface area contributed by atoms with E-state index in [2.05, 4.69) is 36.1 Å². The third-order valence-electron chi connectivity index (χ3n) is 3.32. The first-order chi connectivity index (χ1) is 8.18. The molecule has 1 unspecified atom stereocenters. The number of likely N-dealkylation sites (tertiary alicyclic amines) is 1. The molecule has 2 nitrogen and oxygen atoms in total. The molecule has 2 heteroatoms. The van der Waals surface area contributed by atoms with E-state index in [1.165, 1.54) is 11.3 Å². The van der Waals surface area contributed by atoms with Gasteiger partial charge in [-0.15, -0.1) is 0 Å². The SMILES string of the molecule is CC(=O)/C=C1\CCCN1C(C)c1ccccc1. The van der Waals surface area contributed by atoms with E-state index in [4.69, 9.17) is 0 Å². The number of hydrogen-bond donors (Lipinski definition) is 0. The lowest BCUT2D eigenvalue weighted by molar-refractivity contribution is -0.112. The molecule has 2 rings (SSSR count). The van der Waals surface area contributed by atoms with Gasteiger partial charge in [0.25, 0.3) is 0 Å². The van der Waals surface area contributed by atoms with E-state index in [9.17, 15) is 4.79 Å². The number of benzene rings is 1. The van der Waals surface area contributed by atoms with Gasteiger partial charge in [0, 0.05) is 12.2 Å². The summed E-state index contributed by atoms with van der Waals surface area (Å²) in [5.41, 5.74) is 2.50. The number of carbonyl (C=O) groups excluding carboxylic acids is 1. The Morgan fingerprint density at radius 2 is 2.06 bits per heavy atom.